The molecule has 5 nitrogen and oxygen atoms in total. The molecule has 16 heavy (non-hydrogen) atoms. The van der Waals surface area contributed by atoms with Gasteiger partial charge in [-0.1, -0.05) is 0 Å². The molecular formula is C11H17N3O2. The molecule has 1 saturated heterocycles. The molecule has 1 aliphatic rings. The van der Waals surface area contributed by atoms with Crippen molar-refractivity contribution in [3.63, 3.8) is 0 Å². The molecule has 88 valence electrons. The summed E-state index contributed by atoms with van der Waals surface area (Å²) >= 11 is 0. The maximum Gasteiger partial charge on any atom is 0.317 e. The van der Waals surface area contributed by atoms with Crippen molar-refractivity contribution in [3.05, 3.63) is 18.0 Å². The van der Waals surface area contributed by atoms with Crippen LogP contribution >= 0.6 is 0 Å². The fraction of sp³-hybridized carbons (Fsp3) is 0.636. The van der Waals surface area contributed by atoms with Crippen LogP contribution < -0.4 is 0 Å². The SMILES string of the molecule is Cc1cnn(C2CCN(CC(=O)O)CC2)c1. The fourth-order valence-corrected chi connectivity index (χ4v) is 2.17. The number of hydrogen-bond donors (Lipinski definition) is 1. The Morgan fingerprint density at radius 1 is 1.56 bits per heavy atom. The Balaban J connectivity index is 1.87. The van der Waals surface area contributed by atoms with Crippen molar-refractivity contribution in [2.45, 2.75) is 25.8 Å². The molecule has 0 atom stereocenters. The first kappa shape index (κ1) is 11.1. The summed E-state index contributed by atoms with van der Waals surface area (Å²) in [5.74, 6) is -0.742. The number of hydrogen-bond acceptors (Lipinski definition) is 3. The van der Waals surface area contributed by atoms with Gasteiger partial charge in [0.1, 0.15) is 0 Å². The molecular weight excluding hydrogens is 206 g/mol. The van der Waals surface area contributed by atoms with Gasteiger partial charge in [-0.3, -0.25) is 14.4 Å². The van der Waals surface area contributed by atoms with Crippen molar-refractivity contribution in [3.8, 4) is 0 Å². The molecule has 1 aromatic heterocycles. The lowest BCUT2D eigenvalue weighted by atomic mass is 10.1. The van der Waals surface area contributed by atoms with Crippen LogP contribution in [0.4, 0.5) is 0 Å². The number of nitrogens with zero attached hydrogens (tertiary/aromatic N) is 3. The lowest BCUT2D eigenvalue weighted by Crippen LogP contribution is -2.38. The molecule has 0 amide bonds. The molecule has 0 unspecified atom stereocenters. The highest BCUT2D eigenvalue weighted by Gasteiger charge is 2.21. The van der Waals surface area contributed by atoms with E-state index in [4.69, 9.17) is 5.11 Å². The van der Waals surface area contributed by atoms with Crippen molar-refractivity contribution < 1.29 is 9.90 Å². The number of likely N-dealkylation sites (tertiary alicyclic amines) is 1. The van der Waals surface area contributed by atoms with Gasteiger partial charge in [0, 0.05) is 19.3 Å². The highest BCUT2D eigenvalue weighted by molar-refractivity contribution is 5.69. The van der Waals surface area contributed by atoms with E-state index in [-0.39, 0.29) is 6.54 Å². The first-order valence-electron chi connectivity index (χ1n) is 5.60. The van der Waals surface area contributed by atoms with Gasteiger partial charge in [0.2, 0.25) is 0 Å². The third-order valence-corrected chi connectivity index (χ3v) is 3.02. The fourth-order valence-electron chi connectivity index (χ4n) is 2.17. The van der Waals surface area contributed by atoms with E-state index in [0.717, 1.165) is 25.9 Å². The smallest absolute Gasteiger partial charge is 0.317 e. The second kappa shape index (κ2) is 4.65. The Bertz CT molecular complexity index is 367. The molecule has 0 bridgehead atoms. The number of piperidine rings is 1. The molecule has 1 aliphatic heterocycles. The maximum absolute atomic E-state index is 10.6. The second-order valence-electron chi connectivity index (χ2n) is 4.40. The van der Waals surface area contributed by atoms with Crippen LogP contribution in [0.2, 0.25) is 0 Å². The predicted octanol–water partition coefficient (Wildman–Crippen LogP) is 0.913. The Labute approximate surface area is 94.7 Å². The zero-order chi connectivity index (χ0) is 11.5. The van der Waals surface area contributed by atoms with Gasteiger partial charge in [0.05, 0.1) is 18.8 Å². The lowest BCUT2D eigenvalue weighted by Gasteiger charge is -2.30. The van der Waals surface area contributed by atoms with E-state index in [1.165, 1.54) is 5.56 Å². The summed E-state index contributed by atoms with van der Waals surface area (Å²) in [4.78, 5) is 12.5. The van der Waals surface area contributed by atoms with Crippen LogP contribution in [0.3, 0.4) is 0 Å². The molecule has 1 N–H and O–H groups in total. The minimum absolute atomic E-state index is 0.158. The monoisotopic (exact) mass is 223 g/mol. The van der Waals surface area contributed by atoms with Crippen molar-refractivity contribution in [1.29, 1.82) is 0 Å². The minimum atomic E-state index is -0.742. The van der Waals surface area contributed by atoms with Crippen LogP contribution in [-0.4, -0.2) is 45.4 Å². The van der Waals surface area contributed by atoms with Crippen LogP contribution in [0.15, 0.2) is 12.4 Å². The number of carboxylic acid groups (broad SMARTS) is 1. The molecule has 2 heterocycles. The van der Waals surface area contributed by atoms with Gasteiger partial charge in [-0.15, -0.1) is 0 Å². The minimum Gasteiger partial charge on any atom is -0.480 e. The zero-order valence-electron chi connectivity index (χ0n) is 9.46. The Morgan fingerprint density at radius 3 is 2.75 bits per heavy atom. The third kappa shape index (κ3) is 2.61. The highest BCUT2D eigenvalue weighted by atomic mass is 16.4. The summed E-state index contributed by atoms with van der Waals surface area (Å²) in [6.07, 6.45) is 5.88. The molecule has 1 fully saturated rings. The topological polar surface area (TPSA) is 58.4 Å². The summed E-state index contributed by atoms with van der Waals surface area (Å²) in [6.45, 7) is 3.87. The number of aliphatic carboxylic acids is 1. The van der Waals surface area contributed by atoms with E-state index in [1.807, 2.05) is 22.7 Å². The van der Waals surface area contributed by atoms with Crippen molar-refractivity contribution >= 4 is 5.97 Å². The van der Waals surface area contributed by atoms with Crippen LogP contribution in [0.5, 0.6) is 0 Å². The number of carboxylic acids is 1. The van der Waals surface area contributed by atoms with E-state index in [0.29, 0.717) is 6.04 Å². The van der Waals surface area contributed by atoms with E-state index in [1.54, 1.807) is 0 Å². The molecule has 0 aromatic carbocycles. The first-order valence-corrected chi connectivity index (χ1v) is 5.60. The molecule has 0 spiro atoms. The summed E-state index contributed by atoms with van der Waals surface area (Å²) in [6, 6.07) is 0.429. The van der Waals surface area contributed by atoms with E-state index < -0.39 is 5.97 Å². The van der Waals surface area contributed by atoms with Gasteiger partial charge < -0.3 is 5.11 Å². The van der Waals surface area contributed by atoms with Gasteiger partial charge in [-0.2, -0.15) is 5.10 Å². The average Bonchev–Trinajstić information content (AvgIpc) is 2.65. The Morgan fingerprint density at radius 2 is 2.25 bits per heavy atom. The van der Waals surface area contributed by atoms with Crippen LogP contribution in [0.1, 0.15) is 24.4 Å². The van der Waals surface area contributed by atoms with Crippen molar-refractivity contribution in [2.24, 2.45) is 0 Å². The van der Waals surface area contributed by atoms with Crippen molar-refractivity contribution in [1.82, 2.24) is 14.7 Å². The number of rotatable bonds is 3. The number of aromatic nitrogens is 2. The van der Waals surface area contributed by atoms with Crippen LogP contribution in [0.25, 0.3) is 0 Å². The van der Waals surface area contributed by atoms with Gasteiger partial charge in [-0.05, 0) is 25.3 Å². The first-order chi connectivity index (χ1) is 7.65. The number of carbonyl (C=O) groups is 1. The largest absolute Gasteiger partial charge is 0.480 e. The molecule has 2 rings (SSSR count). The quantitative estimate of drug-likeness (QED) is 0.827. The molecule has 0 aliphatic carbocycles. The second-order valence-corrected chi connectivity index (χ2v) is 4.40. The molecule has 0 radical (unpaired) electrons. The summed E-state index contributed by atoms with van der Waals surface area (Å²) in [5.41, 5.74) is 1.17. The van der Waals surface area contributed by atoms with Gasteiger partial charge in [0.15, 0.2) is 0 Å². The molecule has 5 heteroatoms. The van der Waals surface area contributed by atoms with E-state index >= 15 is 0 Å². The average molecular weight is 223 g/mol. The van der Waals surface area contributed by atoms with E-state index in [9.17, 15) is 4.79 Å². The van der Waals surface area contributed by atoms with Gasteiger partial charge in [0.25, 0.3) is 0 Å². The van der Waals surface area contributed by atoms with Crippen molar-refractivity contribution in [2.75, 3.05) is 19.6 Å². The highest BCUT2D eigenvalue weighted by Crippen LogP contribution is 2.21. The maximum atomic E-state index is 10.6. The zero-order valence-corrected chi connectivity index (χ0v) is 9.46. The number of aryl methyl sites for hydroxylation is 1. The Hall–Kier alpha value is -1.36. The summed E-state index contributed by atoms with van der Waals surface area (Å²) in [7, 11) is 0. The van der Waals surface area contributed by atoms with Gasteiger partial charge in [-0.25, -0.2) is 0 Å². The molecule has 1 aromatic rings. The van der Waals surface area contributed by atoms with Gasteiger partial charge >= 0.3 is 5.97 Å². The van der Waals surface area contributed by atoms with E-state index in [2.05, 4.69) is 11.3 Å². The predicted molar refractivity (Wildman–Crippen MR) is 59.3 cm³/mol. The van der Waals surface area contributed by atoms with Crippen LogP contribution in [0, 0.1) is 6.92 Å². The normalized spacial score (nSPS) is 18.8. The molecule has 0 saturated carbocycles. The summed E-state index contributed by atoms with van der Waals surface area (Å²) < 4.78 is 2.01. The summed E-state index contributed by atoms with van der Waals surface area (Å²) in [5, 5.41) is 13.0. The van der Waals surface area contributed by atoms with Crippen LogP contribution in [-0.2, 0) is 4.79 Å². The third-order valence-electron chi connectivity index (χ3n) is 3.02. The standard InChI is InChI=1S/C11H17N3O2/c1-9-6-12-14(7-9)10-2-4-13(5-3-10)8-11(15)16/h6-7,10H,2-5,8H2,1H3,(H,15,16). The lowest BCUT2D eigenvalue weighted by molar-refractivity contribution is -0.138. The Kier molecular flexibility index (Phi) is 3.24.